The molecule has 0 spiro atoms. The average Bonchev–Trinajstić information content (AvgIpc) is 2.90. The molecule has 104 valence electrons. The number of nitriles is 1. The van der Waals surface area contributed by atoms with Gasteiger partial charge < -0.3 is 4.74 Å². The van der Waals surface area contributed by atoms with Crippen LogP contribution in [-0.4, -0.2) is 11.6 Å². The molecule has 0 aliphatic heterocycles. The molecule has 2 rings (SSSR count). The Kier molecular flexibility index (Phi) is 5.14. The second-order valence-corrected chi connectivity index (χ2v) is 5.53. The minimum atomic E-state index is 0.592. The van der Waals surface area contributed by atoms with Gasteiger partial charge in [-0.15, -0.1) is 11.3 Å². The molecule has 2 aromatic rings. The first-order valence-corrected chi connectivity index (χ1v) is 7.68. The van der Waals surface area contributed by atoms with E-state index in [9.17, 15) is 0 Å². The fourth-order valence-corrected chi connectivity index (χ4v) is 2.88. The van der Waals surface area contributed by atoms with Gasteiger partial charge in [0.15, 0.2) is 0 Å². The van der Waals surface area contributed by atoms with Gasteiger partial charge in [0.25, 0.3) is 0 Å². The number of ether oxygens (including phenoxy) is 1. The average molecular weight is 286 g/mol. The van der Waals surface area contributed by atoms with Crippen molar-refractivity contribution in [2.45, 2.75) is 33.1 Å². The molecule has 1 heterocycles. The van der Waals surface area contributed by atoms with E-state index in [-0.39, 0.29) is 0 Å². The van der Waals surface area contributed by atoms with Crippen LogP contribution in [0.5, 0.6) is 5.75 Å². The lowest BCUT2D eigenvalue weighted by molar-refractivity contribution is 0.321. The van der Waals surface area contributed by atoms with Crippen LogP contribution >= 0.6 is 11.3 Å². The van der Waals surface area contributed by atoms with Crippen LogP contribution in [0.1, 0.15) is 35.0 Å². The fourth-order valence-electron chi connectivity index (χ4n) is 1.95. The molecule has 0 unspecified atom stereocenters. The number of aromatic nitrogens is 1. The van der Waals surface area contributed by atoms with Crippen LogP contribution in [-0.2, 0) is 19.3 Å². The van der Waals surface area contributed by atoms with Crippen molar-refractivity contribution in [2.75, 3.05) is 6.61 Å². The number of nitrogens with zero attached hydrogens (tertiary/aromatic N) is 2. The molecule has 1 aromatic carbocycles. The van der Waals surface area contributed by atoms with Crippen molar-refractivity contribution in [3.05, 3.63) is 45.4 Å². The maximum absolute atomic E-state index is 9.01. The molecular formula is C16H18N2OS. The van der Waals surface area contributed by atoms with E-state index in [4.69, 9.17) is 10.00 Å². The van der Waals surface area contributed by atoms with Gasteiger partial charge in [0, 0.05) is 6.42 Å². The quantitative estimate of drug-likeness (QED) is 0.812. The molecule has 1 aromatic heterocycles. The van der Waals surface area contributed by atoms with E-state index in [0.29, 0.717) is 6.61 Å². The van der Waals surface area contributed by atoms with Gasteiger partial charge in [-0.25, -0.2) is 4.98 Å². The van der Waals surface area contributed by atoms with Crippen LogP contribution in [0, 0.1) is 11.3 Å². The summed E-state index contributed by atoms with van der Waals surface area (Å²) in [5, 5.41) is 9.99. The lowest BCUT2D eigenvalue weighted by atomic mass is 10.2. The predicted molar refractivity (Wildman–Crippen MR) is 81.2 cm³/mol. The first kappa shape index (κ1) is 14.5. The number of thiazole rings is 1. The number of hydrogen-bond acceptors (Lipinski definition) is 4. The Bertz CT molecular complexity index is 613. The number of rotatable bonds is 6. The van der Waals surface area contributed by atoms with Gasteiger partial charge in [-0.05, 0) is 30.5 Å². The highest BCUT2D eigenvalue weighted by Crippen LogP contribution is 2.19. The van der Waals surface area contributed by atoms with E-state index in [2.05, 4.69) is 30.1 Å². The second kappa shape index (κ2) is 7.06. The summed E-state index contributed by atoms with van der Waals surface area (Å²) < 4.78 is 5.75. The van der Waals surface area contributed by atoms with Crippen molar-refractivity contribution in [3.63, 3.8) is 0 Å². The molecule has 0 fully saturated rings. The Morgan fingerprint density at radius 2 is 2.15 bits per heavy atom. The van der Waals surface area contributed by atoms with Crippen LogP contribution in [0.2, 0.25) is 0 Å². The van der Waals surface area contributed by atoms with Crippen LogP contribution in [0.4, 0.5) is 0 Å². The van der Waals surface area contributed by atoms with Gasteiger partial charge in [0.05, 0.1) is 17.3 Å². The summed E-state index contributed by atoms with van der Waals surface area (Å²) in [6, 6.07) is 10.4. The zero-order chi connectivity index (χ0) is 14.4. The van der Waals surface area contributed by atoms with E-state index < -0.39 is 0 Å². The first-order chi connectivity index (χ1) is 9.76. The van der Waals surface area contributed by atoms with E-state index in [0.717, 1.165) is 40.6 Å². The maximum atomic E-state index is 9.01. The normalized spacial score (nSPS) is 10.2. The smallest absolute Gasteiger partial charge is 0.128 e. The molecular weight excluding hydrogens is 268 g/mol. The third-order valence-electron chi connectivity index (χ3n) is 3.07. The van der Waals surface area contributed by atoms with Crippen molar-refractivity contribution in [1.29, 1.82) is 5.26 Å². The highest BCUT2D eigenvalue weighted by atomic mass is 32.1. The Hall–Kier alpha value is -1.86. The molecule has 0 aliphatic carbocycles. The van der Waals surface area contributed by atoms with Gasteiger partial charge in [0.1, 0.15) is 16.7 Å². The van der Waals surface area contributed by atoms with Crippen molar-refractivity contribution >= 4 is 11.3 Å². The monoisotopic (exact) mass is 286 g/mol. The molecule has 0 saturated carbocycles. The van der Waals surface area contributed by atoms with Crippen LogP contribution in [0.3, 0.4) is 0 Å². The summed E-state index contributed by atoms with van der Waals surface area (Å²) in [7, 11) is 0. The molecule has 0 amide bonds. The molecule has 0 saturated heterocycles. The summed E-state index contributed by atoms with van der Waals surface area (Å²) >= 11 is 1.47. The van der Waals surface area contributed by atoms with E-state index >= 15 is 0 Å². The van der Waals surface area contributed by atoms with Crippen molar-refractivity contribution in [1.82, 2.24) is 4.98 Å². The number of benzene rings is 1. The first-order valence-electron chi connectivity index (χ1n) is 6.87. The summed E-state index contributed by atoms with van der Waals surface area (Å²) in [6.45, 7) is 4.74. The zero-order valence-electron chi connectivity index (χ0n) is 11.8. The maximum Gasteiger partial charge on any atom is 0.128 e. The predicted octanol–water partition coefficient (Wildman–Crippen LogP) is 3.76. The number of aryl methyl sites for hydroxylation is 2. The largest absolute Gasteiger partial charge is 0.493 e. The molecule has 3 nitrogen and oxygen atoms in total. The zero-order valence-corrected chi connectivity index (χ0v) is 12.7. The fraction of sp³-hybridized carbons (Fsp3) is 0.375. The molecule has 0 atom stereocenters. The Balaban J connectivity index is 1.92. The standard InChI is InChI=1S/C16H18N2OS/c1-3-12-6-5-7-13(10-12)19-9-8-16-18-14(4-2)15(11-17)20-16/h5-7,10H,3-4,8-9H2,1-2H3. The number of hydrogen-bond donors (Lipinski definition) is 0. The van der Waals surface area contributed by atoms with Gasteiger partial charge in [-0.1, -0.05) is 26.0 Å². The topological polar surface area (TPSA) is 45.9 Å². The molecule has 20 heavy (non-hydrogen) atoms. The van der Waals surface area contributed by atoms with Gasteiger partial charge in [-0.3, -0.25) is 0 Å². The van der Waals surface area contributed by atoms with Crippen molar-refractivity contribution < 1.29 is 4.74 Å². The third kappa shape index (κ3) is 3.58. The Morgan fingerprint density at radius 1 is 1.30 bits per heavy atom. The summed E-state index contributed by atoms with van der Waals surface area (Å²) in [5.74, 6) is 0.900. The molecule has 0 N–H and O–H groups in total. The highest BCUT2D eigenvalue weighted by Gasteiger charge is 2.09. The molecule has 4 heteroatoms. The van der Waals surface area contributed by atoms with E-state index in [1.54, 1.807) is 0 Å². The lowest BCUT2D eigenvalue weighted by Crippen LogP contribution is -2.01. The third-order valence-corrected chi connectivity index (χ3v) is 4.13. The molecule has 0 bridgehead atoms. The van der Waals surface area contributed by atoms with Gasteiger partial charge in [0.2, 0.25) is 0 Å². The molecule has 0 radical (unpaired) electrons. The summed E-state index contributed by atoms with van der Waals surface area (Å²) in [4.78, 5) is 5.21. The van der Waals surface area contributed by atoms with Crippen LogP contribution in [0.25, 0.3) is 0 Å². The lowest BCUT2D eigenvalue weighted by Gasteiger charge is -2.06. The van der Waals surface area contributed by atoms with Gasteiger partial charge in [-0.2, -0.15) is 5.26 Å². The van der Waals surface area contributed by atoms with E-state index in [1.165, 1.54) is 16.9 Å². The Morgan fingerprint density at radius 3 is 2.80 bits per heavy atom. The minimum Gasteiger partial charge on any atom is -0.493 e. The summed E-state index contributed by atoms with van der Waals surface area (Å²) in [5.41, 5.74) is 2.18. The highest BCUT2D eigenvalue weighted by molar-refractivity contribution is 7.12. The van der Waals surface area contributed by atoms with Crippen LogP contribution < -0.4 is 4.74 Å². The second-order valence-electron chi connectivity index (χ2n) is 4.45. The van der Waals surface area contributed by atoms with Gasteiger partial charge >= 0.3 is 0 Å². The Labute approximate surface area is 123 Å². The minimum absolute atomic E-state index is 0.592. The summed E-state index contributed by atoms with van der Waals surface area (Å²) in [6.07, 6.45) is 2.56. The van der Waals surface area contributed by atoms with Crippen molar-refractivity contribution in [2.24, 2.45) is 0 Å². The molecule has 0 aliphatic rings. The van der Waals surface area contributed by atoms with E-state index in [1.807, 2.05) is 19.1 Å². The van der Waals surface area contributed by atoms with Crippen LogP contribution in [0.15, 0.2) is 24.3 Å². The SMILES string of the molecule is CCc1cccc(OCCc2nc(CC)c(C#N)s2)c1. The van der Waals surface area contributed by atoms with Crippen molar-refractivity contribution in [3.8, 4) is 11.8 Å².